The van der Waals surface area contributed by atoms with E-state index in [0.29, 0.717) is 4.73 Å². The summed E-state index contributed by atoms with van der Waals surface area (Å²) in [4.78, 5) is 14.4. The molecule has 14 heavy (non-hydrogen) atoms. The molecule has 0 unspecified atom stereocenters. The zero-order chi connectivity index (χ0) is 10.6. The van der Waals surface area contributed by atoms with Crippen molar-refractivity contribution in [2.24, 2.45) is 4.99 Å². The maximum atomic E-state index is 4.27. The van der Waals surface area contributed by atoms with E-state index in [1.165, 1.54) is 0 Å². The lowest BCUT2D eigenvalue weighted by Crippen LogP contribution is -2.07. The van der Waals surface area contributed by atoms with E-state index in [1.807, 2.05) is 25.9 Å². The molecule has 5 heteroatoms. The Bertz CT molecular complexity index is 336. The molecule has 0 N–H and O–H groups in total. The summed E-state index contributed by atoms with van der Waals surface area (Å²) in [6.45, 7) is 2.05. The summed E-state index contributed by atoms with van der Waals surface area (Å²) in [6.07, 6.45) is 4.31. The average molecular weight is 257 g/mol. The van der Waals surface area contributed by atoms with Gasteiger partial charge < -0.3 is 4.90 Å². The van der Waals surface area contributed by atoms with Crippen LogP contribution in [0.4, 0.5) is 5.69 Å². The molecule has 1 rings (SSSR count). The Morgan fingerprint density at radius 2 is 2.29 bits per heavy atom. The predicted octanol–water partition coefficient (Wildman–Crippen LogP) is 2.02. The van der Waals surface area contributed by atoms with Crippen LogP contribution in [0.15, 0.2) is 15.9 Å². The number of aliphatic imine (C=N–C) groups is 1. The van der Waals surface area contributed by atoms with Gasteiger partial charge in [-0.2, -0.15) is 0 Å². The second-order valence-corrected chi connectivity index (χ2v) is 3.74. The largest absolute Gasteiger partial charge is 0.369 e. The van der Waals surface area contributed by atoms with E-state index >= 15 is 0 Å². The Morgan fingerprint density at radius 1 is 1.57 bits per heavy atom. The third kappa shape index (κ3) is 3.06. The zero-order valence-corrected chi connectivity index (χ0v) is 10.1. The summed E-state index contributed by atoms with van der Waals surface area (Å²) in [5, 5.41) is 0. The lowest BCUT2D eigenvalue weighted by Gasteiger charge is -2.04. The summed E-state index contributed by atoms with van der Waals surface area (Å²) in [7, 11) is 3.85. The molecule has 0 saturated heterocycles. The van der Waals surface area contributed by atoms with Crippen LogP contribution in [0.5, 0.6) is 0 Å². The second-order valence-electron chi connectivity index (χ2n) is 3.03. The predicted molar refractivity (Wildman–Crippen MR) is 60.9 cm³/mol. The highest BCUT2D eigenvalue weighted by molar-refractivity contribution is 9.10. The summed E-state index contributed by atoms with van der Waals surface area (Å²) in [5.41, 5.74) is 1.77. The highest BCUT2D eigenvalue weighted by atomic mass is 79.9. The first-order valence-corrected chi connectivity index (χ1v) is 5.14. The molecule has 0 aliphatic carbocycles. The smallest absolute Gasteiger partial charge is 0.196 e. The summed E-state index contributed by atoms with van der Waals surface area (Å²) >= 11 is 3.23. The fourth-order valence-electron chi connectivity index (χ4n) is 0.932. The molecule has 0 spiro atoms. The van der Waals surface area contributed by atoms with Crippen molar-refractivity contribution in [2.45, 2.75) is 13.3 Å². The molecule has 1 aromatic rings. The Hall–Kier alpha value is -0.970. The summed E-state index contributed by atoms with van der Waals surface area (Å²) in [6, 6.07) is 0. The quantitative estimate of drug-likeness (QED) is 0.472. The van der Waals surface area contributed by atoms with Crippen molar-refractivity contribution < 1.29 is 0 Å². The van der Waals surface area contributed by atoms with Crippen LogP contribution in [-0.4, -0.2) is 35.3 Å². The van der Waals surface area contributed by atoms with Gasteiger partial charge in [-0.05, 0) is 22.4 Å². The van der Waals surface area contributed by atoms with Gasteiger partial charge in [-0.1, -0.05) is 6.92 Å². The number of nitrogens with zero attached hydrogens (tertiary/aromatic N) is 4. The van der Waals surface area contributed by atoms with Crippen LogP contribution >= 0.6 is 15.9 Å². The Morgan fingerprint density at radius 3 is 2.86 bits per heavy atom. The van der Waals surface area contributed by atoms with E-state index in [0.717, 1.165) is 17.8 Å². The van der Waals surface area contributed by atoms with Gasteiger partial charge in [-0.15, -0.1) is 0 Å². The lowest BCUT2D eigenvalue weighted by molar-refractivity contribution is 0.643. The van der Waals surface area contributed by atoms with Crippen molar-refractivity contribution in [3.8, 4) is 0 Å². The summed E-state index contributed by atoms with van der Waals surface area (Å²) < 4.78 is 0.609. The van der Waals surface area contributed by atoms with Gasteiger partial charge in [-0.25, -0.2) is 15.0 Å². The van der Waals surface area contributed by atoms with Crippen LogP contribution in [0.1, 0.15) is 12.6 Å². The minimum atomic E-state index is 0.609. The van der Waals surface area contributed by atoms with Gasteiger partial charge in [0.2, 0.25) is 0 Å². The first kappa shape index (κ1) is 11.1. The Labute approximate surface area is 92.2 Å². The van der Waals surface area contributed by atoms with Gasteiger partial charge in [0.1, 0.15) is 5.69 Å². The molecule has 76 valence electrons. The van der Waals surface area contributed by atoms with Gasteiger partial charge >= 0.3 is 0 Å². The maximum absolute atomic E-state index is 4.27. The van der Waals surface area contributed by atoms with E-state index in [2.05, 4.69) is 30.9 Å². The van der Waals surface area contributed by atoms with Crippen LogP contribution in [0.3, 0.4) is 0 Å². The second kappa shape index (κ2) is 5.05. The van der Waals surface area contributed by atoms with Crippen molar-refractivity contribution in [3.05, 3.63) is 16.6 Å². The number of hydrogen-bond donors (Lipinski definition) is 0. The number of hydrogen-bond acceptors (Lipinski definition) is 3. The number of aromatic nitrogens is 2. The van der Waals surface area contributed by atoms with E-state index < -0.39 is 0 Å². The van der Waals surface area contributed by atoms with Crippen molar-refractivity contribution in [1.29, 1.82) is 0 Å². The molecule has 0 fully saturated rings. The number of rotatable bonds is 3. The number of halogens is 1. The molecule has 0 aliphatic heterocycles. The van der Waals surface area contributed by atoms with Crippen molar-refractivity contribution in [3.63, 3.8) is 0 Å². The molecule has 0 aliphatic rings. The molecular weight excluding hydrogens is 244 g/mol. The van der Waals surface area contributed by atoms with Crippen molar-refractivity contribution in [1.82, 2.24) is 14.9 Å². The molecule has 1 heterocycles. The maximum Gasteiger partial charge on any atom is 0.196 e. The minimum Gasteiger partial charge on any atom is -0.369 e. The Kier molecular flexibility index (Phi) is 4.00. The van der Waals surface area contributed by atoms with Crippen LogP contribution in [0.25, 0.3) is 0 Å². The standard InChI is InChI=1S/C9H13BrN4/c1-4-7-8(12-6-14(2)3)5-11-9(10)13-7/h5-6H,4H2,1-3H3/b12-6+. The molecular formula is C9H13BrN4. The van der Waals surface area contributed by atoms with Gasteiger partial charge in [0.15, 0.2) is 4.73 Å². The van der Waals surface area contributed by atoms with E-state index in [1.54, 1.807) is 12.5 Å². The first-order valence-electron chi connectivity index (χ1n) is 4.35. The summed E-state index contributed by atoms with van der Waals surface area (Å²) in [5.74, 6) is 0. The van der Waals surface area contributed by atoms with Gasteiger partial charge in [0.25, 0.3) is 0 Å². The first-order chi connectivity index (χ1) is 6.63. The molecule has 0 aromatic carbocycles. The Balaban J connectivity index is 2.96. The van der Waals surface area contributed by atoms with Crippen LogP contribution in [0.2, 0.25) is 0 Å². The fraction of sp³-hybridized carbons (Fsp3) is 0.444. The fourth-order valence-corrected chi connectivity index (χ4v) is 1.25. The molecule has 0 bridgehead atoms. The van der Waals surface area contributed by atoms with Gasteiger partial charge in [-0.3, -0.25) is 0 Å². The molecule has 0 radical (unpaired) electrons. The van der Waals surface area contributed by atoms with Crippen LogP contribution in [0, 0.1) is 0 Å². The van der Waals surface area contributed by atoms with Gasteiger partial charge in [0.05, 0.1) is 18.2 Å². The van der Waals surface area contributed by atoms with E-state index in [-0.39, 0.29) is 0 Å². The van der Waals surface area contributed by atoms with E-state index in [9.17, 15) is 0 Å². The molecule has 0 saturated carbocycles. The molecule has 1 aromatic heterocycles. The normalized spacial score (nSPS) is 10.9. The lowest BCUT2D eigenvalue weighted by atomic mass is 10.3. The van der Waals surface area contributed by atoms with Crippen molar-refractivity contribution in [2.75, 3.05) is 14.1 Å². The molecule has 0 amide bonds. The topological polar surface area (TPSA) is 41.4 Å². The van der Waals surface area contributed by atoms with Gasteiger partial charge in [0, 0.05) is 14.1 Å². The van der Waals surface area contributed by atoms with E-state index in [4.69, 9.17) is 0 Å². The van der Waals surface area contributed by atoms with Crippen LogP contribution < -0.4 is 0 Å². The third-order valence-electron chi connectivity index (χ3n) is 1.58. The van der Waals surface area contributed by atoms with Crippen molar-refractivity contribution >= 4 is 28.0 Å². The zero-order valence-electron chi connectivity index (χ0n) is 8.53. The highest BCUT2D eigenvalue weighted by Gasteiger charge is 2.01. The molecule has 0 atom stereocenters. The third-order valence-corrected chi connectivity index (χ3v) is 1.96. The molecule has 4 nitrogen and oxygen atoms in total. The minimum absolute atomic E-state index is 0.609. The highest BCUT2D eigenvalue weighted by Crippen LogP contribution is 2.17. The monoisotopic (exact) mass is 256 g/mol. The SMILES string of the molecule is CCc1nc(Br)ncc1/N=C/N(C)C. The van der Waals surface area contributed by atoms with Crippen LogP contribution in [-0.2, 0) is 6.42 Å². The number of aryl methyl sites for hydroxylation is 1. The average Bonchev–Trinajstić information content (AvgIpc) is 2.15.